The summed E-state index contributed by atoms with van der Waals surface area (Å²) in [6, 6.07) is 36.9. The topological polar surface area (TPSA) is 33.4 Å². The zero-order valence-corrected chi connectivity index (χ0v) is 22.9. The summed E-state index contributed by atoms with van der Waals surface area (Å²) in [7, 11) is 0. The third kappa shape index (κ3) is 3.33. The minimum absolute atomic E-state index is 0.0619. The van der Waals surface area contributed by atoms with E-state index in [0.29, 0.717) is 0 Å². The standard InChI is InChI=1S/C36H24N4S/c1-2-10-23(11-3-1)36-38-28-14-6-8-16-30(28)40(36)25-20-18-24(19-21-25)39-29-15-7-4-12-26(29)33-31(39)22-37-34-27-13-5-9-17-32(27)41-35(33)34/h1-22,30,36H. The first-order chi connectivity index (χ1) is 20.3. The van der Waals surface area contributed by atoms with Crippen LogP contribution in [0.2, 0.25) is 0 Å². The van der Waals surface area contributed by atoms with Crippen LogP contribution in [-0.2, 0) is 0 Å². The number of aliphatic imine (C=N–C) groups is 1. The Hall–Kier alpha value is -5.00. The molecule has 1 aliphatic carbocycles. The first-order valence-corrected chi connectivity index (χ1v) is 14.7. The Bertz CT molecular complexity index is 2220. The van der Waals surface area contributed by atoms with Crippen molar-refractivity contribution in [2.75, 3.05) is 4.90 Å². The molecule has 194 valence electrons. The van der Waals surface area contributed by atoms with Gasteiger partial charge in [-0.05, 0) is 48.0 Å². The van der Waals surface area contributed by atoms with Gasteiger partial charge in [-0.3, -0.25) is 9.98 Å². The number of aromatic nitrogens is 2. The number of fused-ring (bicyclic) bond motifs is 8. The molecule has 0 spiro atoms. The smallest absolute Gasteiger partial charge is 0.148 e. The molecule has 0 radical (unpaired) electrons. The second kappa shape index (κ2) is 8.75. The van der Waals surface area contributed by atoms with Crippen LogP contribution in [0, 0.1) is 0 Å². The predicted octanol–water partition coefficient (Wildman–Crippen LogP) is 9.00. The lowest BCUT2D eigenvalue weighted by molar-refractivity contribution is 0.696. The zero-order valence-electron chi connectivity index (χ0n) is 22.1. The summed E-state index contributed by atoms with van der Waals surface area (Å²) in [6.45, 7) is 0. The number of thiophene rings is 1. The first-order valence-electron chi connectivity index (χ1n) is 13.9. The predicted molar refractivity (Wildman–Crippen MR) is 173 cm³/mol. The fourth-order valence-electron chi connectivity index (χ4n) is 6.52. The van der Waals surface area contributed by atoms with Gasteiger partial charge >= 0.3 is 0 Å². The Morgan fingerprint density at radius 2 is 1.44 bits per heavy atom. The molecule has 0 saturated heterocycles. The Labute approximate surface area is 240 Å². The number of para-hydroxylation sites is 1. The van der Waals surface area contributed by atoms with E-state index in [-0.39, 0.29) is 12.2 Å². The Morgan fingerprint density at radius 1 is 0.683 bits per heavy atom. The molecule has 4 heterocycles. The summed E-state index contributed by atoms with van der Waals surface area (Å²) in [5.41, 5.74) is 7.98. The van der Waals surface area contributed by atoms with Crippen LogP contribution in [0.4, 0.5) is 5.69 Å². The number of anilines is 1. The van der Waals surface area contributed by atoms with E-state index in [9.17, 15) is 0 Å². The first kappa shape index (κ1) is 22.8. The Morgan fingerprint density at radius 3 is 2.32 bits per heavy atom. The minimum atomic E-state index is -0.0619. The van der Waals surface area contributed by atoms with E-state index in [0.717, 1.165) is 28.1 Å². The highest BCUT2D eigenvalue weighted by Gasteiger charge is 2.35. The van der Waals surface area contributed by atoms with E-state index < -0.39 is 0 Å². The van der Waals surface area contributed by atoms with Crippen LogP contribution >= 0.6 is 11.3 Å². The van der Waals surface area contributed by atoms with Crippen LogP contribution < -0.4 is 4.90 Å². The van der Waals surface area contributed by atoms with E-state index >= 15 is 0 Å². The van der Waals surface area contributed by atoms with Crippen molar-refractivity contribution in [3.05, 3.63) is 139 Å². The van der Waals surface area contributed by atoms with Crippen molar-refractivity contribution in [2.24, 2.45) is 4.99 Å². The van der Waals surface area contributed by atoms with Gasteiger partial charge in [-0.25, -0.2) is 0 Å². The molecule has 9 rings (SSSR count). The van der Waals surface area contributed by atoms with Crippen molar-refractivity contribution in [3.8, 4) is 5.69 Å². The van der Waals surface area contributed by atoms with Gasteiger partial charge in [-0.1, -0.05) is 85.0 Å². The van der Waals surface area contributed by atoms with Gasteiger partial charge in [0.05, 0.1) is 39.2 Å². The molecule has 0 amide bonds. The van der Waals surface area contributed by atoms with Crippen molar-refractivity contribution in [1.29, 1.82) is 0 Å². The summed E-state index contributed by atoms with van der Waals surface area (Å²) < 4.78 is 4.88. The number of hydrogen-bond donors (Lipinski definition) is 0. The highest BCUT2D eigenvalue weighted by Crippen LogP contribution is 2.43. The van der Waals surface area contributed by atoms with Gasteiger partial charge in [0.25, 0.3) is 0 Å². The number of hydrogen-bond acceptors (Lipinski definition) is 4. The lowest BCUT2D eigenvalue weighted by Gasteiger charge is -2.31. The maximum Gasteiger partial charge on any atom is 0.148 e. The maximum absolute atomic E-state index is 5.13. The fourth-order valence-corrected chi connectivity index (χ4v) is 7.74. The van der Waals surface area contributed by atoms with Gasteiger partial charge in [-0.2, -0.15) is 0 Å². The number of pyridine rings is 1. The molecule has 0 saturated carbocycles. The molecule has 1 aliphatic heterocycles. The van der Waals surface area contributed by atoms with Gasteiger partial charge in [0, 0.05) is 32.2 Å². The summed E-state index contributed by atoms with van der Waals surface area (Å²) in [4.78, 5) is 12.6. The molecular weight excluding hydrogens is 520 g/mol. The van der Waals surface area contributed by atoms with E-state index in [1.807, 2.05) is 11.3 Å². The van der Waals surface area contributed by atoms with E-state index in [4.69, 9.17) is 9.98 Å². The summed E-state index contributed by atoms with van der Waals surface area (Å²) in [5, 5.41) is 3.76. The second-order valence-corrected chi connectivity index (χ2v) is 11.6. The highest BCUT2D eigenvalue weighted by atomic mass is 32.1. The molecule has 5 heteroatoms. The van der Waals surface area contributed by atoms with Gasteiger partial charge < -0.3 is 9.47 Å². The molecule has 41 heavy (non-hydrogen) atoms. The average molecular weight is 545 g/mol. The van der Waals surface area contributed by atoms with Crippen LogP contribution in [0.15, 0.2) is 139 Å². The minimum Gasteiger partial charge on any atom is -0.334 e. The summed E-state index contributed by atoms with van der Waals surface area (Å²) in [5.74, 6) is 0. The Balaban J connectivity index is 1.21. The maximum atomic E-state index is 5.13. The number of benzene rings is 4. The van der Waals surface area contributed by atoms with Crippen molar-refractivity contribution in [3.63, 3.8) is 0 Å². The van der Waals surface area contributed by atoms with Crippen LogP contribution in [-0.4, -0.2) is 21.3 Å². The fraction of sp³-hybridized carbons (Fsp3) is 0.0556. The third-order valence-electron chi connectivity index (χ3n) is 8.34. The van der Waals surface area contributed by atoms with E-state index in [1.165, 1.54) is 36.6 Å². The van der Waals surface area contributed by atoms with Crippen molar-refractivity contribution >= 4 is 64.8 Å². The third-order valence-corrected chi connectivity index (χ3v) is 9.51. The lowest BCUT2D eigenvalue weighted by Crippen LogP contribution is -2.35. The summed E-state index contributed by atoms with van der Waals surface area (Å²) in [6.07, 6.45) is 10.6. The number of nitrogens with zero attached hydrogens (tertiary/aromatic N) is 4. The number of allylic oxidation sites excluding steroid dienone is 2. The summed E-state index contributed by atoms with van der Waals surface area (Å²) >= 11 is 1.84. The molecule has 2 aliphatic rings. The van der Waals surface area contributed by atoms with E-state index in [2.05, 4.69) is 143 Å². The van der Waals surface area contributed by atoms with Crippen LogP contribution in [0.3, 0.4) is 0 Å². The highest BCUT2D eigenvalue weighted by molar-refractivity contribution is 7.26. The van der Waals surface area contributed by atoms with Gasteiger partial charge in [0.1, 0.15) is 6.17 Å². The van der Waals surface area contributed by atoms with Crippen LogP contribution in [0.5, 0.6) is 0 Å². The zero-order chi connectivity index (χ0) is 26.9. The molecule has 0 N–H and O–H groups in total. The normalized spacial score (nSPS) is 18.1. The molecular formula is C36H24N4S. The Kier molecular flexibility index (Phi) is 4.86. The SMILES string of the molecule is C1=CC2=NC(c3ccccc3)N(c3ccc(-n4c5ccccc5c5c6sc7ccccc7c6ncc54)cc3)C2C=C1. The molecule has 0 bridgehead atoms. The largest absolute Gasteiger partial charge is 0.334 e. The second-order valence-electron chi connectivity index (χ2n) is 10.6. The van der Waals surface area contributed by atoms with Crippen molar-refractivity contribution < 1.29 is 0 Å². The lowest BCUT2D eigenvalue weighted by atomic mass is 10.0. The molecule has 4 aromatic carbocycles. The number of rotatable bonds is 3. The molecule has 3 aromatic heterocycles. The van der Waals surface area contributed by atoms with Gasteiger partial charge in [0.15, 0.2) is 0 Å². The van der Waals surface area contributed by atoms with Gasteiger partial charge in [-0.15, -0.1) is 11.3 Å². The van der Waals surface area contributed by atoms with E-state index in [1.54, 1.807) is 0 Å². The van der Waals surface area contributed by atoms with Crippen molar-refractivity contribution in [2.45, 2.75) is 12.2 Å². The molecule has 2 atom stereocenters. The van der Waals surface area contributed by atoms with Crippen LogP contribution in [0.25, 0.3) is 47.8 Å². The average Bonchev–Trinajstić information content (AvgIpc) is 3.71. The molecule has 2 unspecified atom stereocenters. The molecule has 0 fully saturated rings. The van der Waals surface area contributed by atoms with Gasteiger partial charge in [0.2, 0.25) is 0 Å². The van der Waals surface area contributed by atoms with Crippen molar-refractivity contribution in [1.82, 2.24) is 9.55 Å². The molecule has 4 nitrogen and oxygen atoms in total. The quantitative estimate of drug-likeness (QED) is 0.222. The molecule has 7 aromatic rings. The van der Waals surface area contributed by atoms with Crippen LogP contribution in [0.1, 0.15) is 11.7 Å². The monoisotopic (exact) mass is 544 g/mol.